The van der Waals surface area contributed by atoms with Gasteiger partial charge in [0.2, 0.25) is 0 Å². The van der Waals surface area contributed by atoms with Gasteiger partial charge in [0.25, 0.3) is 5.56 Å². The topological polar surface area (TPSA) is 83.8 Å². The Morgan fingerprint density at radius 3 is 2.81 bits per heavy atom. The van der Waals surface area contributed by atoms with E-state index in [4.69, 9.17) is 5.73 Å². The molecule has 1 aromatic rings. The van der Waals surface area contributed by atoms with Gasteiger partial charge in [0.1, 0.15) is 11.6 Å². The van der Waals surface area contributed by atoms with Crippen LogP contribution in [0.15, 0.2) is 10.9 Å². The Hall–Kier alpha value is -1.36. The largest absolute Gasteiger partial charge is 0.367 e. The maximum Gasteiger partial charge on any atom is 0.252 e. The predicted octanol–water partition coefficient (Wildman–Crippen LogP) is 0.870. The first-order chi connectivity index (χ1) is 7.51. The van der Waals surface area contributed by atoms with Crippen LogP contribution in [0, 0.1) is 0 Å². The molecule has 0 spiro atoms. The van der Waals surface area contributed by atoms with Gasteiger partial charge >= 0.3 is 0 Å². The highest BCUT2D eigenvalue weighted by atomic mass is 16.1. The molecule has 0 aromatic carbocycles. The monoisotopic (exact) mass is 224 g/mol. The van der Waals surface area contributed by atoms with Crippen molar-refractivity contribution >= 4 is 5.82 Å². The fraction of sp³-hybridized carbons (Fsp3) is 0.636. The zero-order valence-corrected chi connectivity index (χ0v) is 10.1. The molecule has 0 aliphatic heterocycles. The maximum atomic E-state index is 11.3. The summed E-state index contributed by atoms with van der Waals surface area (Å²) in [5, 5.41) is 3.18. The van der Waals surface area contributed by atoms with Crippen LogP contribution in [0.4, 0.5) is 5.82 Å². The van der Waals surface area contributed by atoms with Gasteiger partial charge in [-0.3, -0.25) is 4.79 Å². The van der Waals surface area contributed by atoms with E-state index in [9.17, 15) is 4.79 Å². The molecule has 2 unspecified atom stereocenters. The molecule has 0 aliphatic carbocycles. The molecule has 0 saturated carbocycles. The normalized spacial score (nSPS) is 14.5. The molecule has 90 valence electrons. The van der Waals surface area contributed by atoms with Gasteiger partial charge in [-0.15, -0.1) is 0 Å². The van der Waals surface area contributed by atoms with E-state index < -0.39 is 0 Å². The van der Waals surface area contributed by atoms with Gasteiger partial charge in [0.05, 0.1) is 0 Å². The Morgan fingerprint density at radius 2 is 2.25 bits per heavy atom. The van der Waals surface area contributed by atoms with E-state index in [1.54, 1.807) is 0 Å². The molecule has 1 heterocycles. The minimum Gasteiger partial charge on any atom is -0.367 e. The average molecular weight is 224 g/mol. The molecular formula is C11H20N4O. The van der Waals surface area contributed by atoms with Gasteiger partial charge in [-0.05, 0) is 20.3 Å². The molecule has 0 radical (unpaired) electrons. The van der Waals surface area contributed by atoms with E-state index in [1.165, 1.54) is 6.07 Å². The molecule has 0 amide bonds. The molecule has 4 N–H and O–H groups in total. The lowest BCUT2D eigenvalue weighted by Crippen LogP contribution is -2.27. The van der Waals surface area contributed by atoms with E-state index in [2.05, 4.69) is 15.3 Å². The van der Waals surface area contributed by atoms with Crippen LogP contribution in [0.2, 0.25) is 0 Å². The van der Waals surface area contributed by atoms with Crippen molar-refractivity contribution < 1.29 is 0 Å². The number of aromatic amines is 1. The van der Waals surface area contributed by atoms with Gasteiger partial charge in [-0.1, -0.05) is 6.92 Å². The predicted molar refractivity (Wildman–Crippen MR) is 65.6 cm³/mol. The smallest absolute Gasteiger partial charge is 0.252 e. The van der Waals surface area contributed by atoms with Crippen molar-refractivity contribution in [3.8, 4) is 0 Å². The second-order valence-corrected chi connectivity index (χ2v) is 4.19. The Balaban J connectivity index is 2.73. The third-order valence-electron chi connectivity index (χ3n) is 2.25. The van der Waals surface area contributed by atoms with Gasteiger partial charge in [0, 0.05) is 24.6 Å². The third-order valence-corrected chi connectivity index (χ3v) is 2.25. The fourth-order valence-corrected chi connectivity index (χ4v) is 1.62. The van der Waals surface area contributed by atoms with Gasteiger partial charge in [0.15, 0.2) is 0 Å². The minimum atomic E-state index is -0.123. The SMILES string of the molecule is CCc1nc(NC(C)CC(C)N)cc(=O)[nH]1. The van der Waals surface area contributed by atoms with E-state index in [1.807, 2.05) is 20.8 Å². The van der Waals surface area contributed by atoms with E-state index in [0.29, 0.717) is 18.1 Å². The first-order valence-corrected chi connectivity index (χ1v) is 5.63. The van der Waals surface area contributed by atoms with Gasteiger partial charge in [-0.25, -0.2) is 4.98 Å². The van der Waals surface area contributed by atoms with Gasteiger partial charge < -0.3 is 16.0 Å². The number of nitrogens with zero attached hydrogens (tertiary/aromatic N) is 1. The van der Waals surface area contributed by atoms with E-state index >= 15 is 0 Å². The average Bonchev–Trinajstić information content (AvgIpc) is 2.14. The van der Waals surface area contributed by atoms with Gasteiger partial charge in [-0.2, -0.15) is 0 Å². The van der Waals surface area contributed by atoms with Crippen LogP contribution < -0.4 is 16.6 Å². The molecule has 0 fully saturated rings. The summed E-state index contributed by atoms with van der Waals surface area (Å²) in [6, 6.07) is 1.81. The summed E-state index contributed by atoms with van der Waals surface area (Å²) in [6.45, 7) is 5.94. The molecule has 0 aliphatic rings. The summed E-state index contributed by atoms with van der Waals surface area (Å²) in [5.74, 6) is 1.32. The first-order valence-electron chi connectivity index (χ1n) is 5.63. The van der Waals surface area contributed by atoms with Crippen LogP contribution in [0.1, 0.15) is 33.0 Å². The second kappa shape index (κ2) is 5.65. The zero-order valence-electron chi connectivity index (χ0n) is 10.1. The second-order valence-electron chi connectivity index (χ2n) is 4.19. The highest BCUT2D eigenvalue weighted by Gasteiger charge is 2.07. The number of aryl methyl sites for hydroxylation is 1. The Bertz CT molecular complexity index is 386. The molecular weight excluding hydrogens is 204 g/mol. The molecule has 16 heavy (non-hydrogen) atoms. The van der Waals surface area contributed by atoms with Crippen molar-refractivity contribution in [3.63, 3.8) is 0 Å². The number of aromatic nitrogens is 2. The number of H-pyrrole nitrogens is 1. The van der Waals surface area contributed by atoms with Crippen molar-refractivity contribution in [2.75, 3.05) is 5.32 Å². The van der Waals surface area contributed by atoms with Crippen molar-refractivity contribution in [2.45, 2.75) is 45.7 Å². The number of nitrogens with one attached hydrogen (secondary N) is 2. The summed E-state index contributed by atoms with van der Waals surface area (Å²) >= 11 is 0. The molecule has 0 bridgehead atoms. The molecule has 5 heteroatoms. The fourth-order valence-electron chi connectivity index (χ4n) is 1.62. The zero-order chi connectivity index (χ0) is 12.1. The van der Waals surface area contributed by atoms with Crippen molar-refractivity contribution in [1.82, 2.24) is 9.97 Å². The maximum absolute atomic E-state index is 11.3. The lowest BCUT2D eigenvalue weighted by molar-refractivity contribution is 0.603. The molecule has 2 atom stereocenters. The lowest BCUT2D eigenvalue weighted by Gasteiger charge is -2.16. The first kappa shape index (κ1) is 12.7. The van der Waals surface area contributed by atoms with Crippen LogP contribution in [0.25, 0.3) is 0 Å². The number of nitrogens with two attached hydrogens (primary N) is 1. The number of anilines is 1. The quantitative estimate of drug-likeness (QED) is 0.693. The van der Waals surface area contributed by atoms with Crippen LogP contribution in [-0.4, -0.2) is 22.1 Å². The molecule has 1 aromatic heterocycles. The van der Waals surface area contributed by atoms with Crippen LogP contribution in [0.3, 0.4) is 0 Å². The minimum absolute atomic E-state index is 0.123. The standard InChI is InChI=1S/C11H20N4O/c1-4-9-14-10(6-11(16)15-9)13-8(3)5-7(2)12/h6-8H,4-5,12H2,1-3H3,(H2,13,14,15,16). The molecule has 0 saturated heterocycles. The van der Waals surface area contributed by atoms with Crippen LogP contribution in [-0.2, 0) is 6.42 Å². The van der Waals surface area contributed by atoms with Crippen molar-refractivity contribution in [3.05, 3.63) is 22.2 Å². The van der Waals surface area contributed by atoms with E-state index in [-0.39, 0.29) is 17.6 Å². The van der Waals surface area contributed by atoms with E-state index in [0.717, 1.165) is 6.42 Å². The third kappa shape index (κ3) is 4.02. The Kier molecular flexibility index (Phi) is 4.49. The lowest BCUT2D eigenvalue weighted by atomic mass is 10.1. The summed E-state index contributed by atoms with van der Waals surface area (Å²) in [6.07, 6.45) is 1.56. The summed E-state index contributed by atoms with van der Waals surface area (Å²) in [5.41, 5.74) is 5.58. The molecule has 5 nitrogen and oxygen atoms in total. The number of hydrogen-bond donors (Lipinski definition) is 3. The number of hydrogen-bond acceptors (Lipinski definition) is 4. The Labute approximate surface area is 95.5 Å². The Morgan fingerprint density at radius 1 is 1.56 bits per heavy atom. The highest BCUT2D eigenvalue weighted by Crippen LogP contribution is 2.05. The van der Waals surface area contributed by atoms with Crippen molar-refractivity contribution in [2.24, 2.45) is 5.73 Å². The summed E-state index contributed by atoms with van der Waals surface area (Å²) < 4.78 is 0. The summed E-state index contributed by atoms with van der Waals surface area (Å²) in [7, 11) is 0. The summed E-state index contributed by atoms with van der Waals surface area (Å²) in [4.78, 5) is 18.3. The van der Waals surface area contributed by atoms with Crippen LogP contribution >= 0.6 is 0 Å². The van der Waals surface area contributed by atoms with Crippen molar-refractivity contribution in [1.29, 1.82) is 0 Å². The molecule has 1 rings (SSSR count). The number of rotatable bonds is 5. The van der Waals surface area contributed by atoms with Crippen LogP contribution in [0.5, 0.6) is 0 Å². The highest BCUT2D eigenvalue weighted by molar-refractivity contribution is 5.34.